The van der Waals surface area contributed by atoms with Gasteiger partial charge in [-0.3, -0.25) is 9.59 Å². The monoisotopic (exact) mass is 331 g/mol. The van der Waals surface area contributed by atoms with Gasteiger partial charge in [0.2, 0.25) is 11.9 Å². The van der Waals surface area contributed by atoms with Crippen molar-refractivity contribution >= 4 is 17.8 Å². The summed E-state index contributed by atoms with van der Waals surface area (Å²) in [6.07, 6.45) is 7.66. The molecule has 24 heavy (non-hydrogen) atoms. The molecule has 130 valence electrons. The van der Waals surface area contributed by atoms with E-state index in [2.05, 4.69) is 15.3 Å². The molecule has 0 unspecified atom stereocenters. The topological polar surface area (TPSA) is 78.4 Å². The van der Waals surface area contributed by atoms with Crippen LogP contribution in [-0.2, 0) is 4.79 Å². The molecular formula is C17H25N5O2. The lowest BCUT2D eigenvalue weighted by atomic mass is 9.96. The van der Waals surface area contributed by atoms with Crippen LogP contribution in [0.4, 0.5) is 5.95 Å². The lowest BCUT2D eigenvalue weighted by Crippen LogP contribution is -2.50. The first-order chi connectivity index (χ1) is 11.6. The van der Waals surface area contributed by atoms with Crippen LogP contribution >= 0.6 is 0 Å². The molecule has 1 aliphatic heterocycles. The largest absolute Gasteiger partial charge is 0.351 e. The molecule has 1 saturated heterocycles. The van der Waals surface area contributed by atoms with Gasteiger partial charge < -0.3 is 15.1 Å². The van der Waals surface area contributed by atoms with Gasteiger partial charge in [0.15, 0.2) is 0 Å². The van der Waals surface area contributed by atoms with Crippen molar-refractivity contribution in [3.63, 3.8) is 0 Å². The Balaban J connectivity index is 1.61. The number of carbonyl (C=O) groups excluding carboxylic acids is 2. The summed E-state index contributed by atoms with van der Waals surface area (Å²) in [5, 5.41) is 3.36. The van der Waals surface area contributed by atoms with Gasteiger partial charge in [-0.2, -0.15) is 0 Å². The Morgan fingerprint density at radius 1 is 1.08 bits per heavy atom. The number of amides is 2. The van der Waals surface area contributed by atoms with E-state index in [0.717, 1.165) is 12.8 Å². The van der Waals surface area contributed by atoms with Crippen LogP contribution < -0.4 is 5.32 Å². The molecule has 2 aliphatic rings. The first-order valence-electron chi connectivity index (χ1n) is 8.78. The third kappa shape index (κ3) is 4.01. The number of nitrogens with zero attached hydrogens (tertiary/aromatic N) is 4. The maximum atomic E-state index is 12.6. The van der Waals surface area contributed by atoms with Gasteiger partial charge in [0.25, 0.3) is 5.91 Å². The molecule has 0 bridgehead atoms. The third-order valence-corrected chi connectivity index (χ3v) is 4.83. The summed E-state index contributed by atoms with van der Waals surface area (Å²) in [7, 11) is 0. The van der Waals surface area contributed by atoms with Crippen LogP contribution in [0.2, 0.25) is 0 Å². The maximum Gasteiger partial charge on any atom is 0.272 e. The van der Waals surface area contributed by atoms with E-state index in [-0.39, 0.29) is 11.8 Å². The van der Waals surface area contributed by atoms with Crippen LogP contribution in [0.1, 0.15) is 49.5 Å². The molecule has 1 N–H and O–H groups in total. The van der Waals surface area contributed by atoms with Gasteiger partial charge in [-0.05, 0) is 18.9 Å². The predicted molar refractivity (Wildman–Crippen MR) is 90.7 cm³/mol. The molecule has 1 aromatic heterocycles. The number of rotatable bonds is 3. The minimum atomic E-state index is -0.0905. The third-order valence-electron chi connectivity index (χ3n) is 4.83. The van der Waals surface area contributed by atoms with E-state index >= 15 is 0 Å². The van der Waals surface area contributed by atoms with Gasteiger partial charge in [0, 0.05) is 45.3 Å². The van der Waals surface area contributed by atoms with E-state index in [1.807, 2.05) is 0 Å². The lowest BCUT2D eigenvalue weighted by molar-refractivity contribution is -0.130. The molecule has 2 heterocycles. The molecule has 0 spiro atoms. The van der Waals surface area contributed by atoms with E-state index in [9.17, 15) is 9.59 Å². The first kappa shape index (κ1) is 16.7. The first-order valence-corrected chi connectivity index (χ1v) is 8.78. The zero-order chi connectivity index (χ0) is 16.9. The Hall–Kier alpha value is -2.18. The summed E-state index contributed by atoms with van der Waals surface area (Å²) >= 11 is 0. The van der Waals surface area contributed by atoms with E-state index in [1.165, 1.54) is 19.3 Å². The number of aromatic nitrogens is 2. The molecule has 0 aromatic carbocycles. The van der Waals surface area contributed by atoms with Crippen LogP contribution in [0.5, 0.6) is 0 Å². The van der Waals surface area contributed by atoms with E-state index in [0.29, 0.717) is 43.9 Å². The second-order valence-electron chi connectivity index (χ2n) is 6.54. The average molecular weight is 331 g/mol. The minimum absolute atomic E-state index is 0.0584. The quantitative estimate of drug-likeness (QED) is 0.909. The number of anilines is 1. The van der Waals surface area contributed by atoms with Crippen molar-refractivity contribution in [3.05, 3.63) is 18.0 Å². The summed E-state index contributed by atoms with van der Waals surface area (Å²) in [5.41, 5.74) is 0.416. The number of hydrogen-bond acceptors (Lipinski definition) is 5. The minimum Gasteiger partial charge on any atom is -0.351 e. The molecular weight excluding hydrogens is 306 g/mol. The molecule has 2 fully saturated rings. The fourth-order valence-electron chi connectivity index (χ4n) is 3.36. The van der Waals surface area contributed by atoms with E-state index in [4.69, 9.17) is 0 Å². The second kappa shape index (κ2) is 7.59. The molecule has 1 aromatic rings. The van der Waals surface area contributed by atoms with Crippen LogP contribution in [0, 0.1) is 0 Å². The lowest BCUT2D eigenvalue weighted by Gasteiger charge is -2.34. The average Bonchev–Trinajstić information content (AvgIpc) is 2.62. The highest BCUT2D eigenvalue weighted by molar-refractivity contribution is 5.92. The fraction of sp³-hybridized carbons (Fsp3) is 0.647. The molecule has 0 atom stereocenters. The summed E-state index contributed by atoms with van der Waals surface area (Å²) in [6, 6.07) is 2.06. The predicted octanol–water partition coefficient (Wildman–Crippen LogP) is 1.53. The Morgan fingerprint density at radius 2 is 1.75 bits per heavy atom. The summed E-state index contributed by atoms with van der Waals surface area (Å²) in [4.78, 5) is 36.2. The Morgan fingerprint density at radius 3 is 2.42 bits per heavy atom. The van der Waals surface area contributed by atoms with Crippen molar-refractivity contribution in [1.82, 2.24) is 19.8 Å². The van der Waals surface area contributed by atoms with Crippen LogP contribution in [0.3, 0.4) is 0 Å². The van der Waals surface area contributed by atoms with E-state index < -0.39 is 0 Å². The van der Waals surface area contributed by atoms with Gasteiger partial charge in [-0.25, -0.2) is 9.97 Å². The molecule has 0 radical (unpaired) electrons. The summed E-state index contributed by atoms with van der Waals surface area (Å²) in [6.45, 7) is 3.82. The standard InChI is InChI=1S/C17H25N5O2/c1-13(23)21-9-11-22(12-10-21)16(24)15-7-8-18-17(20-15)19-14-5-3-2-4-6-14/h7-8,14H,2-6,9-12H2,1H3,(H,18,19,20). The number of nitrogens with one attached hydrogen (secondary N) is 1. The smallest absolute Gasteiger partial charge is 0.272 e. The summed E-state index contributed by atoms with van der Waals surface area (Å²) in [5.74, 6) is 0.505. The molecule has 1 saturated carbocycles. The molecule has 3 rings (SSSR count). The van der Waals surface area contributed by atoms with E-state index in [1.54, 1.807) is 29.0 Å². The highest BCUT2D eigenvalue weighted by Crippen LogP contribution is 2.20. The van der Waals surface area contributed by atoms with Gasteiger partial charge in [0.05, 0.1) is 0 Å². The fourth-order valence-corrected chi connectivity index (χ4v) is 3.36. The number of carbonyl (C=O) groups is 2. The van der Waals surface area contributed by atoms with Crippen molar-refractivity contribution < 1.29 is 9.59 Å². The molecule has 7 heteroatoms. The SMILES string of the molecule is CC(=O)N1CCN(C(=O)c2ccnc(NC3CCCCC3)n2)CC1. The van der Waals surface area contributed by atoms with Gasteiger partial charge in [0.1, 0.15) is 5.69 Å². The zero-order valence-electron chi connectivity index (χ0n) is 14.2. The van der Waals surface area contributed by atoms with Crippen molar-refractivity contribution in [2.75, 3.05) is 31.5 Å². The highest BCUT2D eigenvalue weighted by Gasteiger charge is 2.24. The van der Waals surface area contributed by atoms with Crippen molar-refractivity contribution in [2.24, 2.45) is 0 Å². The number of hydrogen-bond donors (Lipinski definition) is 1. The van der Waals surface area contributed by atoms with Crippen molar-refractivity contribution in [1.29, 1.82) is 0 Å². The Bertz CT molecular complexity index is 592. The number of piperazine rings is 1. The Labute approximate surface area is 142 Å². The van der Waals surface area contributed by atoms with Gasteiger partial charge in [-0.1, -0.05) is 19.3 Å². The van der Waals surface area contributed by atoms with Crippen LogP contribution in [0.25, 0.3) is 0 Å². The molecule has 2 amide bonds. The van der Waals surface area contributed by atoms with Crippen molar-refractivity contribution in [2.45, 2.75) is 45.1 Å². The zero-order valence-corrected chi connectivity index (χ0v) is 14.2. The highest BCUT2D eigenvalue weighted by atomic mass is 16.2. The maximum absolute atomic E-state index is 12.6. The normalized spacial score (nSPS) is 19.2. The van der Waals surface area contributed by atoms with Crippen LogP contribution in [-0.4, -0.2) is 63.8 Å². The van der Waals surface area contributed by atoms with Crippen molar-refractivity contribution in [3.8, 4) is 0 Å². The van der Waals surface area contributed by atoms with Gasteiger partial charge in [-0.15, -0.1) is 0 Å². The second-order valence-corrected chi connectivity index (χ2v) is 6.54. The molecule has 1 aliphatic carbocycles. The Kier molecular flexibility index (Phi) is 5.27. The summed E-state index contributed by atoms with van der Waals surface area (Å²) < 4.78 is 0. The van der Waals surface area contributed by atoms with Crippen LogP contribution in [0.15, 0.2) is 12.3 Å². The van der Waals surface area contributed by atoms with Gasteiger partial charge >= 0.3 is 0 Å². The molecule has 7 nitrogen and oxygen atoms in total.